The fourth-order valence-electron chi connectivity index (χ4n) is 0.420. The van der Waals surface area contributed by atoms with Gasteiger partial charge < -0.3 is 9.84 Å². The number of ether oxygens (including phenoxy) is 1. The fourth-order valence-corrected chi connectivity index (χ4v) is 0.420. The molecule has 3 nitrogen and oxygen atoms in total. The molecule has 1 unspecified atom stereocenters. The Labute approximate surface area is 69.8 Å². The Morgan fingerprint density at radius 3 is 2.09 bits per heavy atom. The van der Waals surface area contributed by atoms with Crippen LogP contribution in [0.15, 0.2) is 0 Å². The minimum Gasteiger partial charge on any atom is -0.356 e. The predicted octanol–water partition coefficient (Wildman–Crippen LogP) is 1.18. The van der Waals surface area contributed by atoms with Crippen molar-refractivity contribution in [3.8, 4) is 0 Å². The summed E-state index contributed by atoms with van der Waals surface area (Å²) < 4.78 is 4.54. The van der Waals surface area contributed by atoms with E-state index in [4.69, 9.17) is 5.11 Å². The van der Waals surface area contributed by atoms with E-state index in [-0.39, 0.29) is 0 Å². The lowest BCUT2D eigenvalue weighted by molar-refractivity contribution is -0.0977. The van der Waals surface area contributed by atoms with Gasteiger partial charge in [0.05, 0.1) is 0 Å². The molecule has 0 aromatic rings. The summed E-state index contributed by atoms with van der Waals surface area (Å²) in [6.07, 6.45) is -0.813. The highest BCUT2D eigenvalue weighted by atomic mass is 16.6. The quantitative estimate of drug-likeness (QED) is 0.611. The summed E-state index contributed by atoms with van der Waals surface area (Å²) in [5.41, 5.74) is 0. The molecule has 0 aromatic carbocycles. The number of hydrogen-bond acceptors (Lipinski definition) is 3. The molecule has 2 N–H and O–H groups in total. The van der Waals surface area contributed by atoms with Crippen LogP contribution in [-0.2, 0) is 4.74 Å². The van der Waals surface area contributed by atoms with Crippen molar-refractivity contribution in [3.63, 3.8) is 0 Å². The van der Waals surface area contributed by atoms with Crippen molar-refractivity contribution in [3.05, 3.63) is 0 Å². The van der Waals surface area contributed by atoms with E-state index in [0.717, 1.165) is 6.54 Å². The topological polar surface area (TPSA) is 41.5 Å². The van der Waals surface area contributed by atoms with Crippen LogP contribution in [0.5, 0.6) is 0 Å². The maximum atomic E-state index is 8.77. The van der Waals surface area contributed by atoms with Gasteiger partial charge in [-0.15, -0.1) is 0 Å². The molecule has 11 heavy (non-hydrogen) atoms. The van der Waals surface area contributed by atoms with Crippen LogP contribution in [0.3, 0.4) is 0 Å². The number of nitrogens with one attached hydrogen (secondary N) is 1. The highest BCUT2D eigenvalue weighted by molar-refractivity contribution is 4.47. The van der Waals surface area contributed by atoms with Gasteiger partial charge in [0.25, 0.3) is 0 Å². The summed E-state index contributed by atoms with van der Waals surface area (Å²) >= 11 is 0. The van der Waals surface area contributed by atoms with Crippen molar-refractivity contribution in [2.75, 3.05) is 13.7 Å². The van der Waals surface area contributed by atoms with Gasteiger partial charge in [-0.2, -0.15) is 0 Å². The van der Waals surface area contributed by atoms with Crippen LogP contribution in [0.2, 0.25) is 0 Å². The van der Waals surface area contributed by atoms with Crippen LogP contribution in [0.4, 0.5) is 0 Å². The first-order valence-corrected chi connectivity index (χ1v) is 4.11. The standard InChI is InChI=1S/C6H15NO2.C2H6/c1-5(2)4-7-6(8)9-3;1-2/h5-8H,4H2,1-3H3;1-2H3. The first kappa shape index (κ1) is 13.5. The van der Waals surface area contributed by atoms with E-state index in [1.807, 2.05) is 13.8 Å². The second-order valence-corrected chi connectivity index (χ2v) is 2.39. The number of methoxy groups -OCH3 is 1. The SMILES string of the molecule is CC.COC(O)NCC(C)C. The van der Waals surface area contributed by atoms with E-state index in [1.165, 1.54) is 7.11 Å². The number of hydrogen-bond donors (Lipinski definition) is 2. The molecular weight excluding hydrogens is 142 g/mol. The third-order valence-electron chi connectivity index (χ3n) is 0.924. The third-order valence-corrected chi connectivity index (χ3v) is 0.924. The van der Waals surface area contributed by atoms with Gasteiger partial charge in [0.15, 0.2) is 0 Å². The largest absolute Gasteiger partial charge is 0.356 e. The lowest BCUT2D eigenvalue weighted by Gasteiger charge is -2.11. The fraction of sp³-hybridized carbons (Fsp3) is 1.00. The predicted molar refractivity (Wildman–Crippen MR) is 47.2 cm³/mol. The second kappa shape index (κ2) is 9.88. The zero-order chi connectivity index (χ0) is 9.28. The molecule has 70 valence electrons. The Morgan fingerprint density at radius 1 is 1.36 bits per heavy atom. The first-order valence-electron chi connectivity index (χ1n) is 4.11. The molecule has 0 aliphatic rings. The molecule has 0 amide bonds. The Bertz CT molecular complexity index is 67.1. The molecule has 0 aliphatic heterocycles. The highest BCUT2D eigenvalue weighted by Gasteiger charge is 1.99. The summed E-state index contributed by atoms with van der Waals surface area (Å²) in [7, 11) is 1.46. The lowest BCUT2D eigenvalue weighted by atomic mass is 10.2. The van der Waals surface area contributed by atoms with Crippen molar-refractivity contribution in [2.45, 2.75) is 34.1 Å². The lowest BCUT2D eigenvalue weighted by Crippen LogP contribution is -2.33. The monoisotopic (exact) mass is 163 g/mol. The van der Waals surface area contributed by atoms with Crippen LogP contribution in [-0.4, -0.2) is 25.2 Å². The van der Waals surface area contributed by atoms with E-state index in [9.17, 15) is 0 Å². The van der Waals surface area contributed by atoms with Crippen molar-refractivity contribution < 1.29 is 9.84 Å². The molecule has 1 atom stereocenters. The summed E-state index contributed by atoms with van der Waals surface area (Å²) in [4.78, 5) is 0. The average molecular weight is 163 g/mol. The Kier molecular flexibility index (Phi) is 12.1. The maximum absolute atomic E-state index is 8.77. The van der Waals surface area contributed by atoms with Gasteiger partial charge in [0.1, 0.15) is 0 Å². The minimum atomic E-state index is -0.813. The van der Waals surface area contributed by atoms with E-state index >= 15 is 0 Å². The molecule has 0 aliphatic carbocycles. The van der Waals surface area contributed by atoms with Crippen LogP contribution in [0.1, 0.15) is 27.7 Å². The van der Waals surface area contributed by atoms with E-state index < -0.39 is 6.41 Å². The molecule has 0 heterocycles. The zero-order valence-corrected chi connectivity index (χ0v) is 8.22. The highest BCUT2D eigenvalue weighted by Crippen LogP contribution is 1.87. The van der Waals surface area contributed by atoms with Crippen molar-refractivity contribution >= 4 is 0 Å². The normalized spacial score (nSPS) is 12.3. The first-order chi connectivity index (χ1) is 5.16. The molecule has 0 saturated carbocycles. The Morgan fingerprint density at radius 2 is 1.82 bits per heavy atom. The van der Waals surface area contributed by atoms with Crippen LogP contribution in [0.25, 0.3) is 0 Å². The molecule has 0 fully saturated rings. The van der Waals surface area contributed by atoms with Crippen molar-refractivity contribution in [1.82, 2.24) is 5.32 Å². The van der Waals surface area contributed by atoms with Crippen LogP contribution >= 0.6 is 0 Å². The summed E-state index contributed by atoms with van der Waals surface area (Å²) in [5, 5.41) is 11.5. The summed E-state index contributed by atoms with van der Waals surface area (Å²) in [6.45, 7) is 8.90. The van der Waals surface area contributed by atoms with Crippen LogP contribution < -0.4 is 5.32 Å². The molecule has 0 spiro atoms. The smallest absolute Gasteiger partial charge is 0.213 e. The average Bonchev–Trinajstić information content (AvgIpc) is 2.04. The van der Waals surface area contributed by atoms with E-state index in [1.54, 1.807) is 0 Å². The Hall–Kier alpha value is -0.120. The molecule has 3 heteroatoms. The van der Waals surface area contributed by atoms with Gasteiger partial charge in [-0.1, -0.05) is 27.7 Å². The van der Waals surface area contributed by atoms with Gasteiger partial charge in [0.2, 0.25) is 6.41 Å². The van der Waals surface area contributed by atoms with Crippen LogP contribution in [0, 0.1) is 5.92 Å². The second-order valence-electron chi connectivity index (χ2n) is 2.39. The molecule has 0 rings (SSSR count). The third kappa shape index (κ3) is 13.0. The maximum Gasteiger partial charge on any atom is 0.213 e. The zero-order valence-electron chi connectivity index (χ0n) is 8.22. The molecule has 0 radical (unpaired) electrons. The van der Waals surface area contributed by atoms with Crippen molar-refractivity contribution in [2.24, 2.45) is 5.92 Å². The molecule has 0 bridgehead atoms. The van der Waals surface area contributed by atoms with E-state index in [2.05, 4.69) is 23.9 Å². The van der Waals surface area contributed by atoms with Gasteiger partial charge in [-0.25, -0.2) is 0 Å². The number of rotatable bonds is 4. The Balaban J connectivity index is 0. The number of aliphatic hydroxyl groups is 1. The summed E-state index contributed by atoms with van der Waals surface area (Å²) in [5.74, 6) is 0.537. The molecular formula is C8H21NO2. The molecule has 0 aromatic heterocycles. The number of aliphatic hydroxyl groups excluding tert-OH is 1. The summed E-state index contributed by atoms with van der Waals surface area (Å²) in [6, 6.07) is 0. The van der Waals surface area contributed by atoms with Crippen molar-refractivity contribution in [1.29, 1.82) is 0 Å². The van der Waals surface area contributed by atoms with Gasteiger partial charge >= 0.3 is 0 Å². The van der Waals surface area contributed by atoms with E-state index in [0.29, 0.717) is 5.92 Å². The van der Waals surface area contributed by atoms with Gasteiger partial charge in [0, 0.05) is 13.7 Å². The van der Waals surface area contributed by atoms with Gasteiger partial charge in [-0.05, 0) is 5.92 Å². The van der Waals surface area contributed by atoms with Gasteiger partial charge in [-0.3, -0.25) is 5.32 Å². The minimum absolute atomic E-state index is 0.537. The molecule has 0 saturated heterocycles.